The summed E-state index contributed by atoms with van der Waals surface area (Å²) in [5.74, 6) is 0.821. The van der Waals surface area contributed by atoms with Crippen LogP contribution in [0.15, 0.2) is 22.7 Å². The van der Waals surface area contributed by atoms with Gasteiger partial charge in [0.2, 0.25) is 0 Å². The number of nitrogens with one attached hydrogen (secondary N) is 1. The maximum atomic E-state index is 10.8. The van der Waals surface area contributed by atoms with Gasteiger partial charge in [-0.3, -0.25) is 4.79 Å². The first-order chi connectivity index (χ1) is 6.63. The van der Waals surface area contributed by atoms with E-state index in [2.05, 4.69) is 21.2 Å². The number of methoxy groups -OCH3 is 1. The summed E-state index contributed by atoms with van der Waals surface area (Å²) in [5.41, 5.74) is 0.817. The van der Waals surface area contributed by atoms with E-state index in [4.69, 9.17) is 4.74 Å². The van der Waals surface area contributed by atoms with Gasteiger partial charge >= 0.3 is 0 Å². The normalized spacial score (nSPS) is 9.64. The number of benzene rings is 1. The highest BCUT2D eigenvalue weighted by molar-refractivity contribution is 9.10. The van der Waals surface area contributed by atoms with E-state index >= 15 is 0 Å². The van der Waals surface area contributed by atoms with E-state index in [1.807, 2.05) is 18.2 Å². The zero-order valence-corrected chi connectivity index (χ0v) is 9.72. The van der Waals surface area contributed by atoms with Gasteiger partial charge < -0.3 is 10.1 Å². The third-order valence-corrected chi connectivity index (χ3v) is 2.18. The molecule has 0 unspecified atom stereocenters. The van der Waals surface area contributed by atoms with E-state index in [-0.39, 0.29) is 5.78 Å². The Balaban J connectivity index is 2.82. The van der Waals surface area contributed by atoms with Gasteiger partial charge in [0.15, 0.2) is 0 Å². The quantitative estimate of drug-likeness (QED) is 0.901. The molecule has 0 aromatic heterocycles. The van der Waals surface area contributed by atoms with Crippen LogP contribution in [0.3, 0.4) is 0 Å². The molecule has 14 heavy (non-hydrogen) atoms. The van der Waals surface area contributed by atoms with E-state index in [1.165, 1.54) is 6.92 Å². The molecule has 0 fully saturated rings. The van der Waals surface area contributed by atoms with Gasteiger partial charge in [0.05, 0.1) is 19.3 Å². The van der Waals surface area contributed by atoms with Crippen LogP contribution < -0.4 is 10.1 Å². The van der Waals surface area contributed by atoms with Crippen molar-refractivity contribution < 1.29 is 9.53 Å². The molecule has 3 nitrogen and oxygen atoms in total. The van der Waals surface area contributed by atoms with E-state index in [9.17, 15) is 4.79 Å². The van der Waals surface area contributed by atoms with E-state index in [0.717, 1.165) is 15.9 Å². The molecule has 76 valence electrons. The average Bonchev–Trinajstić information content (AvgIpc) is 2.15. The molecule has 0 spiro atoms. The number of halogens is 1. The Bertz CT molecular complexity index is 339. The zero-order chi connectivity index (χ0) is 10.6. The van der Waals surface area contributed by atoms with Gasteiger partial charge in [0.25, 0.3) is 0 Å². The van der Waals surface area contributed by atoms with Crippen molar-refractivity contribution >= 4 is 27.4 Å². The number of rotatable bonds is 4. The Morgan fingerprint density at radius 1 is 1.57 bits per heavy atom. The fourth-order valence-corrected chi connectivity index (χ4v) is 1.40. The van der Waals surface area contributed by atoms with Crippen molar-refractivity contribution in [3.8, 4) is 5.75 Å². The maximum absolute atomic E-state index is 10.8. The van der Waals surface area contributed by atoms with Crippen LogP contribution in [0.4, 0.5) is 5.69 Å². The van der Waals surface area contributed by atoms with Crippen molar-refractivity contribution in [2.75, 3.05) is 19.0 Å². The van der Waals surface area contributed by atoms with Crippen LogP contribution in [0.1, 0.15) is 6.92 Å². The van der Waals surface area contributed by atoms with E-state index in [1.54, 1.807) is 7.11 Å². The first-order valence-electron chi connectivity index (χ1n) is 4.20. The minimum absolute atomic E-state index is 0.0898. The molecule has 0 bridgehead atoms. The molecule has 4 heteroatoms. The van der Waals surface area contributed by atoms with Crippen LogP contribution in [0.5, 0.6) is 5.75 Å². The molecule has 0 amide bonds. The number of ether oxygens (including phenoxy) is 1. The summed E-state index contributed by atoms with van der Waals surface area (Å²) in [4.78, 5) is 10.8. The largest absolute Gasteiger partial charge is 0.495 e. The maximum Gasteiger partial charge on any atom is 0.148 e. The lowest BCUT2D eigenvalue weighted by atomic mass is 10.3. The Hall–Kier alpha value is -1.03. The number of hydrogen-bond donors (Lipinski definition) is 1. The van der Waals surface area contributed by atoms with Gasteiger partial charge in [0, 0.05) is 4.47 Å². The zero-order valence-electron chi connectivity index (χ0n) is 8.13. The number of carbonyl (C=O) groups excluding carboxylic acids is 1. The van der Waals surface area contributed by atoms with Gasteiger partial charge in [-0.05, 0) is 25.1 Å². The first-order valence-corrected chi connectivity index (χ1v) is 4.99. The lowest BCUT2D eigenvalue weighted by Crippen LogP contribution is -2.10. The standard InChI is InChI=1S/C10H12BrNO2/c1-7(13)6-12-9-5-8(11)3-4-10(9)14-2/h3-5,12H,6H2,1-2H3. The lowest BCUT2D eigenvalue weighted by molar-refractivity contribution is -0.115. The van der Waals surface area contributed by atoms with Crippen molar-refractivity contribution in [3.63, 3.8) is 0 Å². The highest BCUT2D eigenvalue weighted by Gasteiger charge is 2.03. The van der Waals surface area contributed by atoms with Crippen molar-refractivity contribution in [2.24, 2.45) is 0 Å². The molecule has 0 saturated carbocycles. The summed E-state index contributed by atoms with van der Waals surface area (Å²) < 4.78 is 6.09. The molecule has 1 aromatic carbocycles. The average molecular weight is 258 g/mol. The van der Waals surface area contributed by atoms with Gasteiger partial charge in [-0.1, -0.05) is 15.9 Å². The van der Waals surface area contributed by atoms with Gasteiger partial charge in [-0.2, -0.15) is 0 Å². The predicted octanol–water partition coefficient (Wildman–Crippen LogP) is 2.46. The number of Topliss-reactive ketones (excluding diaryl/α,β-unsaturated/α-hetero) is 1. The smallest absolute Gasteiger partial charge is 0.148 e. The van der Waals surface area contributed by atoms with Crippen LogP contribution in [-0.4, -0.2) is 19.4 Å². The molecule has 0 saturated heterocycles. The Kier molecular flexibility index (Phi) is 3.95. The monoisotopic (exact) mass is 257 g/mol. The van der Waals surface area contributed by atoms with Gasteiger partial charge in [0.1, 0.15) is 11.5 Å². The number of carbonyl (C=O) groups is 1. The highest BCUT2D eigenvalue weighted by atomic mass is 79.9. The predicted molar refractivity (Wildman–Crippen MR) is 59.9 cm³/mol. The Morgan fingerprint density at radius 3 is 2.86 bits per heavy atom. The summed E-state index contributed by atoms with van der Waals surface area (Å²) in [7, 11) is 1.60. The molecule has 0 atom stereocenters. The van der Waals surface area contributed by atoms with Crippen molar-refractivity contribution in [3.05, 3.63) is 22.7 Å². The Labute approximate surface area is 91.6 Å². The molecule has 0 aliphatic rings. The molecule has 0 aliphatic carbocycles. The SMILES string of the molecule is COc1ccc(Br)cc1NCC(C)=O. The molecule has 1 rings (SSSR count). The molecule has 1 N–H and O–H groups in total. The highest BCUT2D eigenvalue weighted by Crippen LogP contribution is 2.27. The van der Waals surface area contributed by atoms with Gasteiger partial charge in [-0.15, -0.1) is 0 Å². The third-order valence-electron chi connectivity index (χ3n) is 1.69. The number of hydrogen-bond acceptors (Lipinski definition) is 3. The molecular weight excluding hydrogens is 246 g/mol. The number of ketones is 1. The lowest BCUT2D eigenvalue weighted by Gasteiger charge is -2.09. The topological polar surface area (TPSA) is 38.3 Å². The second kappa shape index (κ2) is 5.00. The second-order valence-corrected chi connectivity index (χ2v) is 3.82. The van der Waals surface area contributed by atoms with E-state index in [0.29, 0.717) is 6.54 Å². The van der Waals surface area contributed by atoms with Crippen molar-refractivity contribution in [2.45, 2.75) is 6.92 Å². The molecule has 0 aliphatic heterocycles. The fraction of sp³-hybridized carbons (Fsp3) is 0.300. The third kappa shape index (κ3) is 3.03. The van der Waals surface area contributed by atoms with E-state index < -0.39 is 0 Å². The van der Waals surface area contributed by atoms with Crippen molar-refractivity contribution in [1.82, 2.24) is 0 Å². The van der Waals surface area contributed by atoms with Crippen LogP contribution in [0.2, 0.25) is 0 Å². The summed E-state index contributed by atoms with van der Waals surface area (Å²) in [6.07, 6.45) is 0. The second-order valence-electron chi connectivity index (χ2n) is 2.90. The minimum atomic E-state index is 0.0898. The molecule has 0 radical (unpaired) electrons. The molecule has 1 aromatic rings. The van der Waals surface area contributed by atoms with Crippen molar-refractivity contribution in [1.29, 1.82) is 0 Å². The fourth-order valence-electron chi connectivity index (χ4n) is 1.04. The van der Waals surface area contributed by atoms with Crippen LogP contribution in [0.25, 0.3) is 0 Å². The molecular formula is C10H12BrNO2. The van der Waals surface area contributed by atoms with Crippen LogP contribution in [0, 0.1) is 0 Å². The Morgan fingerprint density at radius 2 is 2.29 bits per heavy atom. The minimum Gasteiger partial charge on any atom is -0.495 e. The summed E-state index contributed by atoms with van der Waals surface area (Å²) in [6, 6.07) is 5.60. The molecule has 0 heterocycles. The first kappa shape index (κ1) is 11.0. The summed E-state index contributed by atoms with van der Waals surface area (Å²) in [6.45, 7) is 1.85. The van der Waals surface area contributed by atoms with Crippen LogP contribution >= 0.6 is 15.9 Å². The summed E-state index contributed by atoms with van der Waals surface area (Å²) >= 11 is 3.35. The number of anilines is 1. The van der Waals surface area contributed by atoms with Gasteiger partial charge in [-0.25, -0.2) is 0 Å². The van der Waals surface area contributed by atoms with Crippen LogP contribution in [-0.2, 0) is 4.79 Å². The summed E-state index contributed by atoms with van der Waals surface area (Å²) in [5, 5.41) is 3.00.